The van der Waals surface area contributed by atoms with E-state index in [9.17, 15) is 0 Å². The molecule has 1 fully saturated rings. The molecule has 0 aliphatic heterocycles. The molecule has 1 saturated carbocycles. The molecule has 18 heavy (non-hydrogen) atoms. The van der Waals surface area contributed by atoms with Crippen molar-refractivity contribution in [1.29, 1.82) is 0 Å². The number of rotatable bonds is 7. The van der Waals surface area contributed by atoms with Crippen LogP contribution in [0.15, 0.2) is 30.3 Å². The predicted octanol–water partition coefficient (Wildman–Crippen LogP) is 3.38. The second-order valence-electron chi connectivity index (χ2n) is 5.87. The molecular formula is C16H26N2. The third kappa shape index (κ3) is 2.76. The summed E-state index contributed by atoms with van der Waals surface area (Å²) in [5.41, 5.74) is 4.85. The normalized spacial score (nSPS) is 20.4. The number of hydrazine groups is 1. The molecule has 1 aliphatic rings. The van der Waals surface area contributed by atoms with Crippen LogP contribution in [0.5, 0.6) is 0 Å². The molecule has 0 bridgehead atoms. The van der Waals surface area contributed by atoms with Gasteiger partial charge in [-0.25, -0.2) is 0 Å². The fraction of sp³-hybridized carbons (Fsp3) is 0.625. The Bertz CT molecular complexity index is 357. The Labute approximate surface area is 111 Å². The first-order valence-corrected chi connectivity index (χ1v) is 7.24. The minimum Gasteiger partial charge on any atom is -0.271 e. The van der Waals surface area contributed by atoms with Crippen LogP contribution in [0.4, 0.5) is 0 Å². The van der Waals surface area contributed by atoms with Gasteiger partial charge in [-0.1, -0.05) is 57.0 Å². The van der Waals surface area contributed by atoms with Crippen molar-refractivity contribution < 1.29 is 0 Å². The van der Waals surface area contributed by atoms with Crippen LogP contribution in [0.25, 0.3) is 0 Å². The van der Waals surface area contributed by atoms with Crippen molar-refractivity contribution in [2.24, 2.45) is 11.8 Å². The summed E-state index contributed by atoms with van der Waals surface area (Å²) in [6, 6.07) is 11.3. The van der Waals surface area contributed by atoms with E-state index < -0.39 is 0 Å². The van der Waals surface area contributed by atoms with Crippen molar-refractivity contribution in [3.63, 3.8) is 0 Å². The lowest BCUT2D eigenvalue weighted by atomic mass is 9.82. The molecule has 0 heterocycles. The van der Waals surface area contributed by atoms with Crippen LogP contribution >= 0.6 is 0 Å². The van der Waals surface area contributed by atoms with Crippen LogP contribution < -0.4 is 11.3 Å². The van der Waals surface area contributed by atoms with Crippen molar-refractivity contribution in [2.75, 3.05) is 0 Å². The van der Waals surface area contributed by atoms with E-state index in [1.165, 1.54) is 37.7 Å². The topological polar surface area (TPSA) is 38.0 Å². The first-order chi connectivity index (χ1) is 8.73. The largest absolute Gasteiger partial charge is 0.271 e. The average molecular weight is 246 g/mol. The van der Waals surface area contributed by atoms with E-state index in [0.29, 0.717) is 11.5 Å². The third-order valence-electron chi connectivity index (χ3n) is 4.43. The molecule has 0 spiro atoms. The Hall–Kier alpha value is -0.860. The number of hydrogen-bond donors (Lipinski definition) is 2. The number of nitrogens with one attached hydrogen (secondary N) is 1. The minimum absolute atomic E-state index is 0.304. The van der Waals surface area contributed by atoms with Crippen LogP contribution in [0.1, 0.15) is 51.5 Å². The van der Waals surface area contributed by atoms with Gasteiger partial charge in [-0.2, -0.15) is 0 Å². The van der Waals surface area contributed by atoms with E-state index in [1.807, 2.05) is 0 Å². The standard InChI is InChI=1S/C16H26N2/c1-3-7-13(2)12-15(18-17)16(10-11-16)14-8-5-4-6-9-14/h4-6,8-9,13,15,18H,3,7,10-12,17H2,1-2H3. The molecule has 0 saturated heterocycles. The maximum absolute atomic E-state index is 5.83. The lowest BCUT2D eigenvalue weighted by Crippen LogP contribution is -2.45. The molecule has 2 rings (SSSR count). The number of benzene rings is 1. The van der Waals surface area contributed by atoms with E-state index in [0.717, 1.165) is 5.92 Å². The molecule has 0 aromatic heterocycles. The van der Waals surface area contributed by atoms with Gasteiger partial charge in [0.1, 0.15) is 0 Å². The quantitative estimate of drug-likeness (QED) is 0.572. The molecule has 2 unspecified atom stereocenters. The van der Waals surface area contributed by atoms with Gasteiger partial charge in [-0.15, -0.1) is 0 Å². The Morgan fingerprint density at radius 1 is 1.28 bits per heavy atom. The highest BCUT2D eigenvalue weighted by molar-refractivity contribution is 5.33. The Kier molecular flexibility index (Phi) is 4.41. The predicted molar refractivity (Wildman–Crippen MR) is 77.2 cm³/mol. The van der Waals surface area contributed by atoms with Gasteiger partial charge in [-0.05, 0) is 30.7 Å². The summed E-state index contributed by atoms with van der Waals surface area (Å²) in [6.45, 7) is 4.60. The highest BCUT2D eigenvalue weighted by atomic mass is 15.2. The molecule has 0 amide bonds. The van der Waals surface area contributed by atoms with E-state index in [-0.39, 0.29) is 0 Å². The van der Waals surface area contributed by atoms with E-state index in [1.54, 1.807) is 0 Å². The summed E-state index contributed by atoms with van der Waals surface area (Å²) >= 11 is 0. The zero-order valence-electron chi connectivity index (χ0n) is 11.7. The van der Waals surface area contributed by atoms with Gasteiger partial charge in [0.25, 0.3) is 0 Å². The van der Waals surface area contributed by atoms with E-state index >= 15 is 0 Å². The molecule has 3 N–H and O–H groups in total. The molecule has 2 nitrogen and oxygen atoms in total. The SMILES string of the molecule is CCCC(C)CC(NN)C1(c2ccccc2)CC1. The van der Waals surface area contributed by atoms with Gasteiger partial charge in [0, 0.05) is 11.5 Å². The Balaban J connectivity index is 2.08. The van der Waals surface area contributed by atoms with Gasteiger partial charge in [0.15, 0.2) is 0 Å². The van der Waals surface area contributed by atoms with Crippen LogP contribution in [0.3, 0.4) is 0 Å². The first kappa shape index (κ1) is 13.6. The monoisotopic (exact) mass is 246 g/mol. The number of hydrogen-bond acceptors (Lipinski definition) is 2. The van der Waals surface area contributed by atoms with E-state index in [4.69, 9.17) is 5.84 Å². The molecule has 0 radical (unpaired) electrons. The van der Waals surface area contributed by atoms with E-state index in [2.05, 4.69) is 49.6 Å². The van der Waals surface area contributed by atoms with Crippen molar-refractivity contribution in [3.8, 4) is 0 Å². The van der Waals surface area contributed by atoms with Crippen LogP contribution in [-0.2, 0) is 5.41 Å². The van der Waals surface area contributed by atoms with Gasteiger partial charge < -0.3 is 0 Å². The molecule has 2 heteroatoms. The van der Waals surface area contributed by atoms with Crippen molar-refractivity contribution in [1.82, 2.24) is 5.43 Å². The van der Waals surface area contributed by atoms with Crippen LogP contribution in [0, 0.1) is 5.92 Å². The van der Waals surface area contributed by atoms with Crippen molar-refractivity contribution in [2.45, 2.75) is 57.4 Å². The highest BCUT2D eigenvalue weighted by Crippen LogP contribution is 2.52. The minimum atomic E-state index is 0.304. The fourth-order valence-electron chi connectivity index (χ4n) is 3.21. The summed E-state index contributed by atoms with van der Waals surface area (Å²) in [5.74, 6) is 6.58. The summed E-state index contributed by atoms with van der Waals surface area (Å²) in [5, 5.41) is 0. The summed E-state index contributed by atoms with van der Waals surface area (Å²) in [6.07, 6.45) is 6.27. The molecule has 100 valence electrons. The molecule has 1 aromatic rings. The van der Waals surface area contributed by atoms with Gasteiger partial charge >= 0.3 is 0 Å². The van der Waals surface area contributed by atoms with Crippen molar-refractivity contribution >= 4 is 0 Å². The summed E-state index contributed by atoms with van der Waals surface area (Å²) in [7, 11) is 0. The van der Waals surface area contributed by atoms with Crippen molar-refractivity contribution in [3.05, 3.63) is 35.9 Å². The summed E-state index contributed by atoms with van der Waals surface area (Å²) in [4.78, 5) is 0. The molecule has 2 atom stereocenters. The van der Waals surface area contributed by atoms with Gasteiger partial charge in [-0.3, -0.25) is 11.3 Å². The highest BCUT2D eigenvalue weighted by Gasteiger charge is 2.50. The van der Waals surface area contributed by atoms with Crippen LogP contribution in [0.2, 0.25) is 0 Å². The zero-order chi connectivity index (χ0) is 13.0. The lowest BCUT2D eigenvalue weighted by Gasteiger charge is -2.29. The molecule has 1 aliphatic carbocycles. The van der Waals surface area contributed by atoms with Crippen LogP contribution in [-0.4, -0.2) is 6.04 Å². The Morgan fingerprint density at radius 2 is 1.94 bits per heavy atom. The fourth-order valence-corrected chi connectivity index (χ4v) is 3.21. The zero-order valence-corrected chi connectivity index (χ0v) is 11.7. The van der Waals surface area contributed by atoms with Gasteiger partial charge in [0.05, 0.1) is 0 Å². The smallest absolute Gasteiger partial charge is 0.0309 e. The number of nitrogens with two attached hydrogens (primary N) is 1. The maximum atomic E-state index is 5.83. The van der Waals surface area contributed by atoms with Gasteiger partial charge in [0.2, 0.25) is 0 Å². The molecule has 1 aromatic carbocycles. The second-order valence-corrected chi connectivity index (χ2v) is 5.87. The Morgan fingerprint density at radius 3 is 2.44 bits per heavy atom. The first-order valence-electron chi connectivity index (χ1n) is 7.24. The maximum Gasteiger partial charge on any atom is 0.0309 e. The lowest BCUT2D eigenvalue weighted by molar-refractivity contribution is 0.331. The average Bonchev–Trinajstić information content (AvgIpc) is 3.19. The summed E-state index contributed by atoms with van der Waals surface area (Å²) < 4.78 is 0. The molecular weight excluding hydrogens is 220 g/mol. The second kappa shape index (κ2) is 5.85. The third-order valence-corrected chi connectivity index (χ3v) is 4.43.